The zero-order chi connectivity index (χ0) is 24.8. The number of halogens is 2. The van der Waals surface area contributed by atoms with E-state index in [9.17, 15) is 18.8 Å². The van der Waals surface area contributed by atoms with E-state index in [1.807, 2.05) is 13.8 Å². The van der Waals surface area contributed by atoms with E-state index in [-0.39, 0.29) is 48.3 Å². The second-order valence-corrected chi connectivity index (χ2v) is 8.81. The smallest absolute Gasteiger partial charge is 0.260 e. The highest BCUT2D eigenvalue weighted by Crippen LogP contribution is 2.24. The lowest BCUT2D eigenvalue weighted by Crippen LogP contribution is -2.58. The third-order valence-corrected chi connectivity index (χ3v) is 5.93. The zero-order valence-electron chi connectivity index (χ0n) is 19.1. The summed E-state index contributed by atoms with van der Waals surface area (Å²) < 4.78 is 18.9. The predicted molar refractivity (Wildman–Crippen MR) is 126 cm³/mol. The van der Waals surface area contributed by atoms with Crippen LogP contribution in [0.1, 0.15) is 29.8 Å². The first-order valence-electron chi connectivity index (χ1n) is 10.9. The van der Waals surface area contributed by atoms with Crippen molar-refractivity contribution in [1.82, 2.24) is 15.1 Å². The summed E-state index contributed by atoms with van der Waals surface area (Å²) in [5.41, 5.74) is 6.18. The van der Waals surface area contributed by atoms with Gasteiger partial charge >= 0.3 is 0 Å². The van der Waals surface area contributed by atoms with Gasteiger partial charge in [-0.1, -0.05) is 23.7 Å². The van der Waals surface area contributed by atoms with Crippen molar-refractivity contribution in [3.8, 4) is 5.75 Å². The summed E-state index contributed by atoms with van der Waals surface area (Å²) >= 11 is 6.00. The van der Waals surface area contributed by atoms with Crippen LogP contribution in [0.4, 0.5) is 4.39 Å². The predicted octanol–water partition coefficient (Wildman–Crippen LogP) is 2.19. The molecular formula is C24H28ClFN4O4. The number of amides is 3. The summed E-state index contributed by atoms with van der Waals surface area (Å²) in [7, 11) is 0. The fourth-order valence-corrected chi connectivity index (χ4v) is 4.05. The Hall–Kier alpha value is -3.17. The van der Waals surface area contributed by atoms with E-state index in [2.05, 4.69) is 10.2 Å². The van der Waals surface area contributed by atoms with Gasteiger partial charge < -0.3 is 20.7 Å². The van der Waals surface area contributed by atoms with Gasteiger partial charge in [-0.05, 0) is 49.7 Å². The van der Waals surface area contributed by atoms with Crippen LogP contribution in [0.15, 0.2) is 42.5 Å². The molecule has 2 aromatic rings. The highest BCUT2D eigenvalue weighted by Gasteiger charge is 2.32. The van der Waals surface area contributed by atoms with Crippen LogP contribution in [0.2, 0.25) is 5.02 Å². The maximum atomic E-state index is 13.2. The normalized spacial score (nSPS) is 18.4. The number of nitrogens with two attached hydrogens (primary N) is 1. The number of carbonyl (C=O) groups is 3. The van der Waals surface area contributed by atoms with E-state index in [0.29, 0.717) is 24.7 Å². The number of nitrogens with one attached hydrogen (secondary N) is 1. The lowest BCUT2D eigenvalue weighted by atomic mass is 10.1. The van der Waals surface area contributed by atoms with E-state index < -0.39 is 11.8 Å². The van der Waals surface area contributed by atoms with E-state index >= 15 is 0 Å². The molecule has 0 bridgehead atoms. The number of hydrogen-bond donors (Lipinski definition) is 2. The van der Waals surface area contributed by atoms with Crippen LogP contribution in [0.3, 0.4) is 0 Å². The molecule has 1 heterocycles. The van der Waals surface area contributed by atoms with Crippen molar-refractivity contribution < 1.29 is 23.5 Å². The molecule has 0 aliphatic carbocycles. The van der Waals surface area contributed by atoms with Gasteiger partial charge in [-0.3, -0.25) is 19.3 Å². The van der Waals surface area contributed by atoms with Gasteiger partial charge in [0.1, 0.15) is 11.6 Å². The second kappa shape index (κ2) is 11.3. The summed E-state index contributed by atoms with van der Waals surface area (Å²) in [6.07, 6.45) is 0. The molecule has 0 spiro atoms. The van der Waals surface area contributed by atoms with Gasteiger partial charge in [-0.25, -0.2) is 4.39 Å². The van der Waals surface area contributed by atoms with Gasteiger partial charge in [-0.15, -0.1) is 0 Å². The molecule has 0 aromatic heterocycles. The summed E-state index contributed by atoms with van der Waals surface area (Å²) in [5, 5.41) is 2.69. The Bertz CT molecular complexity index is 1050. The SMILES string of the molecule is C[C@@H]1CN(Cc2ccc(F)cc2)[C@@H](C)CN1C(=O)COc1ccc(Cl)cc1C(=O)NCC(N)=O. The number of piperazine rings is 1. The molecule has 3 N–H and O–H groups in total. The average molecular weight is 491 g/mol. The van der Waals surface area contributed by atoms with E-state index in [1.165, 1.54) is 24.3 Å². The average Bonchev–Trinajstić information content (AvgIpc) is 2.80. The first-order chi connectivity index (χ1) is 16.1. The largest absolute Gasteiger partial charge is 0.483 e. The van der Waals surface area contributed by atoms with Gasteiger partial charge in [0, 0.05) is 36.7 Å². The molecule has 1 fully saturated rings. The van der Waals surface area contributed by atoms with Crippen molar-refractivity contribution in [1.29, 1.82) is 0 Å². The lowest BCUT2D eigenvalue weighted by Gasteiger charge is -2.44. The van der Waals surface area contributed by atoms with Crippen LogP contribution >= 0.6 is 11.6 Å². The number of primary amides is 1. The van der Waals surface area contributed by atoms with Gasteiger partial charge in [0.05, 0.1) is 12.1 Å². The van der Waals surface area contributed by atoms with Gasteiger partial charge in [0.25, 0.3) is 11.8 Å². The number of nitrogens with zero attached hydrogens (tertiary/aromatic N) is 2. The first-order valence-corrected chi connectivity index (χ1v) is 11.3. The maximum Gasteiger partial charge on any atom is 0.260 e. The maximum absolute atomic E-state index is 13.2. The number of ether oxygens (including phenoxy) is 1. The highest BCUT2D eigenvalue weighted by atomic mass is 35.5. The minimum Gasteiger partial charge on any atom is -0.483 e. The number of carbonyl (C=O) groups excluding carboxylic acids is 3. The van der Waals surface area contributed by atoms with E-state index in [4.69, 9.17) is 22.1 Å². The molecule has 0 saturated carbocycles. The van der Waals surface area contributed by atoms with Crippen LogP contribution in [0.5, 0.6) is 5.75 Å². The molecule has 1 aliphatic heterocycles. The minimum atomic E-state index is -0.685. The van der Waals surface area contributed by atoms with Crippen molar-refractivity contribution in [2.75, 3.05) is 26.2 Å². The van der Waals surface area contributed by atoms with Gasteiger partial charge in [0.15, 0.2) is 6.61 Å². The summed E-state index contributed by atoms with van der Waals surface area (Å²) in [6.45, 7) is 5.25. The Morgan fingerprint density at radius 3 is 2.50 bits per heavy atom. The third-order valence-electron chi connectivity index (χ3n) is 5.69. The van der Waals surface area contributed by atoms with Crippen LogP contribution in [0, 0.1) is 5.82 Å². The molecule has 34 heavy (non-hydrogen) atoms. The van der Waals surface area contributed by atoms with Crippen molar-refractivity contribution in [2.24, 2.45) is 5.73 Å². The van der Waals surface area contributed by atoms with Crippen molar-refractivity contribution in [3.05, 3.63) is 64.4 Å². The summed E-state index contributed by atoms with van der Waals surface area (Å²) in [5.74, 6) is -1.57. The van der Waals surface area contributed by atoms with Crippen LogP contribution < -0.4 is 15.8 Å². The summed E-state index contributed by atoms with van der Waals surface area (Å²) in [6, 6.07) is 10.9. The molecule has 182 valence electrons. The molecule has 3 amide bonds. The van der Waals surface area contributed by atoms with Crippen LogP contribution in [0.25, 0.3) is 0 Å². The Morgan fingerprint density at radius 2 is 1.82 bits per heavy atom. The van der Waals surface area contributed by atoms with E-state index in [0.717, 1.165) is 5.56 Å². The quantitative estimate of drug-likeness (QED) is 0.590. The first kappa shape index (κ1) is 25.5. The minimum absolute atomic E-state index is 0.0590. The van der Waals surface area contributed by atoms with Crippen molar-refractivity contribution in [2.45, 2.75) is 32.5 Å². The van der Waals surface area contributed by atoms with E-state index in [1.54, 1.807) is 23.1 Å². The van der Waals surface area contributed by atoms with Crippen molar-refractivity contribution in [3.63, 3.8) is 0 Å². The topological polar surface area (TPSA) is 105 Å². The Labute approximate surface area is 202 Å². The number of hydrogen-bond acceptors (Lipinski definition) is 5. The second-order valence-electron chi connectivity index (χ2n) is 8.38. The zero-order valence-corrected chi connectivity index (χ0v) is 19.8. The molecular weight excluding hydrogens is 463 g/mol. The number of benzene rings is 2. The molecule has 2 aromatic carbocycles. The van der Waals surface area contributed by atoms with Crippen LogP contribution in [-0.2, 0) is 16.1 Å². The van der Waals surface area contributed by atoms with Crippen molar-refractivity contribution >= 4 is 29.3 Å². The molecule has 3 rings (SSSR count). The molecule has 0 radical (unpaired) electrons. The lowest BCUT2D eigenvalue weighted by molar-refractivity contribution is -0.139. The Balaban J connectivity index is 1.60. The molecule has 8 nitrogen and oxygen atoms in total. The number of rotatable bonds is 8. The monoisotopic (exact) mass is 490 g/mol. The highest BCUT2D eigenvalue weighted by molar-refractivity contribution is 6.31. The molecule has 2 atom stereocenters. The molecule has 1 saturated heterocycles. The molecule has 10 heteroatoms. The third kappa shape index (κ3) is 6.68. The fraction of sp³-hybridized carbons (Fsp3) is 0.375. The van der Waals surface area contributed by atoms with Gasteiger partial charge in [0.2, 0.25) is 5.91 Å². The molecule has 1 aliphatic rings. The Morgan fingerprint density at radius 1 is 1.12 bits per heavy atom. The molecule has 0 unspecified atom stereocenters. The Kier molecular flexibility index (Phi) is 8.46. The van der Waals surface area contributed by atoms with Gasteiger partial charge in [-0.2, -0.15) is 0 Å². The van der Waals surface area contributed by atoms with Crippen LogP contribution in [-0.4, -0.2) is 65.8 Å². The fourth-order valence-electron chi connectivity index (χ4n) is 3.88. The summed E-state index contributed by atoms with van der Waals surface area (Å²) in [4.78, 5) is 40.3. The standard InChI is InChI=1S/C24H28ClFN4O4/c1-15-12-30(16(2)11-29(15)13-17-3-6-19(26)7-4-17)23(32)14-34-21-8-5-18(25)9-20(21)24(33)28-10-22(27)31/h3-9,15-16H,10-14H2,1-2H3,(H2,27,31)(H,28,33)/t15-,16+/m0/s1.